The molecule has 0 N–H and O–H groups in total. The lowest BCUT2D eigenvalue weighted by molar-refractivity contribution is 0.0734. The summed E-state index contributed by atoms with van der Waals surface area (Å²) in [4.78, 5) is 25.0. The van der Waals surface area contributed by atoms with E-state index in [9.17, 15) is 14.0 Å². The summed E-state index contributed by atoms with van der Waals surface area (Å²) in [6.07, 6.45) is 1.67. The van der Waals surface area contributed by atoms with Crippen molar-refractivity contribution < 1.29 is 23.5 Å². The topological polar surface area (TPSA) is 52.6 Å². The van der Waals surface area contributed by atoms with Crippen LogP contribution in [0.25, 0.3) is 6.08 Å². The summed E-state index contributed by atoms with van der Waals surface area (Å²) in [5.74, 6) is -0.510. The van der Waals surface area contributed by atoms with E-state index in [1.807, 2.05) is 24.3 Å². The SMILES string of the molecule is Cc1cc(OC(=O)c2ccc(F)cc2)cc2c1C(=O)/C(=C/c1ccc(Br)cc1)O2. The maximum Gasteiger partial charge on any atom is 0.343 e. The van der Waals surface area contributed by atoms with E-state index in [0.29, 0.717) is 16.9 Å². The highest BCUT2D eigenvalue weighted by molar-refractivity contribution is 9.10. The average molecular weight is 453 g/mol. The number of hydrogen-bond acceptors (Lipinski definition) is 4. The molecule has 0 saturated heterocycles. The van der Waals surface area contributed by atoms with Crippen molar-refractivity contribution in [1.82, 2.24) is 0 Å². The molecule has 0 atom stereocenters. The Morgan fingerprint density at radius 3 is 2.45 bits per heavy atom. The van der Waals surface area contributed by atoms with Crippen LogP contribution in [0.1, 0.15) is 31.8 Å². The zero-order valence-electron chi connectivity index (χ0n) is 15.2. The molecule has 4 nitrogen and oxygen atoms in total. The molecule has 0 amide bonds. The summed E-state index contributed by atoms with van der Waals surface area (Å²) >= 11 is 3.37. The van der Waals surface area contributed by atoms with Gasteiger partial charge >= 0.3 is 5.97 Å². The number of ether oxygens (including phenoxy) is 2. The number of Topliss-reactive ketones (excluding diaryl/α,β-unsaturated/α-hetero) is 1. The van der Waals surface area contributed by atoms with E-state index in [-0.39, 0.29) is 22.9 Å². The zero-order chi connectivity index (χ0) is 20.5. The molecule has 0 radical (unpaired) electrons. The molecule has 3 aromatic rings. The second-order valence-electron chi connectivity index (χ2n) is 6.50. The number of ketones is 1. The van der Waals surface area contributed by atoms with E-state index in [2.05, 4.69) is 15.9 Å². The van der Waals surface area contributed by atoms with Gasteiger partial charge in [-0.05, 0) is 66.6 Å². The van der Waals surface area contributed by atoms with Gasteiger partial charge in [-0.2, -0.15) is 0 Å². The molecule has 0 spiro atoms. The number of carbonyl (C=O) groups excluding carboxylic acids is 2. The van der Waals surface area contributed by atoms with E-state index < -0.39 is 11.8 Å². The molecule has 3 aromatic carbocycles. The molecule has 0 bridgehead atoms. The summed E-state index contributed by atoms with van der Waals surface area (Å²) in [6, 6.07) is 15.6. The summed E-state index contributed by atoms with van der Waals surface area (Å²) in [6.45, 7) is 1.75. The van der Waals surface area contributed by atoms with Gasteiger partial charge in [0.2, 0.25) is 5.78 Å². The molecule has 0 saturated carbocycles. The second kappa shape index (κ2) is 7.64. The third-order valence-electron chi connectivity index (χ3n) is 4.40. The number of rotatable bonds is 3. The van der Waals surface area contributed by atoms with Gasteiger partial charge in [0.15, 0.2) is 5.76 Å². The highest BCUT2D eigenvalue weighted by atomic mass is 79.9. The van der Waals surface area contributed by atoms with Crippen LogP contribution in [0.3, 0.4) is 0 Å². The van der Waals surface area contributed by atoms with Crippen molar-refractivity contribution in [1.29, 1.82) is 0 Å². The molecule has 0 aliphatic carbocycles. The van der Waals surface area contributed by atoms with Crippen LogP contribution in [0.2, 0.25) is 0 Å². The third-order valence-corrected chi connectivity index (χ3v) is 4.93. The van der Waals surface area contributed by atoms with Crippen molar-refractivity contribution in [3.05, 3.63) is 99.0 Å². The van der Waals surface area contributed by atoms with Gasteiger partial charge in [-0.1, -0.05) is 28.1 Å². The Morgan fingerprint density at radius 2 is 1.76 bits per heavy atom. The molecule has 144 valence electrons. The van der Waals surface area contributed by atoms with Gasteiger partial charge in [0, 0.05) is 10.5 Å². The summed E-state index contributed by atoms with van der Waals surface area (Å²) < 4.78 is 25.1. The normalized spacial score (nSPS) is 13.9. The molecule has 1 heterocycles. The molecule has 29 heavy (non-hydrogen) atoms. The highest BCUT2D eigenvalue weighted by Crippen LogP contribution is 2.37. The van der Waals surface area contributed by atoms with E-state index in [4.69, 9.17) is 9.47 Å². The maximum atomic E-state index is 13.0. The Hall–Kier alpha value is -3.25. The predicted molar refractivity (Wildman–Crippen MR) is 110 cm³/mol. The van der Waals surface area contributed by atoms with Gasteiger partial charge in [0.1, 0.15) is 17.3 Å². The van der Waals surface area contributed by atoms with Crippen molar-refractivity contribution in [2.45, 2.75) is 6.92 Å². The Bertz CT molecular complexity index is 1150. The Labute approximate surface area is 174 Å². The lowest BCUT2D eigenvalue weighted by atomic mass is 10.0. The molecular formula is C23H14BrFO4. The van der Waals surface area contributed by atoms with Crippen molar-refractivity contribution in [2.24, 2.45) is 0 Å². The molecule has 1 aliphatic heterocycles. The first-order chi connectivity index (χ1) is 13.9. The lowest BCUT2D eigenvalue weighted by Crippen LogP contribution is -2.08. The maximum absolute atomic E-state index is 13.0. The van der Waals surface area contributed by atoms with Crippen molar-refractivity contribution >= 4 is 33.8 Å². The number of halogens is 2. The van der Waals surface area contributed by atoms with Crippen molar-refractivity contribution in [2.75, 3.05) is 0 Å². The largest absolute Gasteiger partial charge is 0.452 e. The van der Waals surface area contributed by atoms with Crippen LogP contribution in [-0.2, 0) is 0 Å². The molecule has 0 unspecified atom stereocenters. The number of esters is 1. The summed E-state index contributed by atoms with van der Waals surface area (Å²) in [5.41, 5.74) is 2.12. The summed E-state index contributed by atoms with van der Waals surface area (Å²) in [7, 11) is 0. The summed E-state index contributed by atoms with van der Waals surface area (Å²) in [5, 5.41) is 0. The molecule has 0 fully saturated rings. The minimum atomic E-state index is -0.626. The number of carbonyl (C=O) groups is 2. The number of aryl methyl sites for hydroxylation is 1. The zero-order valence-corrected chi connectivity index (χ0v) is 16.8. The fraction of sp³-hybridized carbons (Fsp3) is 0.0435. The minimum Gasteiger partial charge on any atom is -0.452 e. The second-order valence-corrected chi connectivity index (χ2v) is 7.42. The average Bonchev–Trinajstić information content (AvgIpc) is 3.00. The van der Waals surface area contributed by atoms with Crippen molar-refractivity contribution in [3.8, 4) is 11.5 Å². The van der Waals surface area contributed by atoms with Gasteiger partial charge in [0.25, 0.3) is 0 Å². The first-order valence-corrected chi connectivity index (χ1v) is 9.52. The van der Waals surface area contributed by atoms with Gasteiger partial charge < -0.3 is 9.47 Å². The number of benzene rings is 3. The third kappa shape index (κ3) is 3.98. The molecular weight excluding hydrogens is 439 g/mol. The standard InChI is InChI=1S/C23H14BrFO4/c1-13-10-18(28-23(27)15-4-8-17(25)9-5-15)12-19-21(13)22(26)20(29-19)11-14-2-6-16(24)7-3-14/h2-12H,1H3/b20-11-. The molecule has 1 aliphatic rings. The van der Waals surface area contributed by atoms with Crippen LogP contribution in [0, 0.1) is 12.7 Å². The number of allylic oxidation sites excluding steroid dienone is 1. The molecule has 4 rings (SSSR count). The van der Waals surface area contributed by atoms with Gasteiger partial charge in [-0.15, -0.1) is 0 Å². The smallest absolute Gasteiger partial charge is 0.343 e. The minimum absolute atomic E-state index is 0.201. The van der Waals surface area contributed by atoms with Crippen LogP contribution in [-0.4, -0.2) is 11.8 Å². The quantitative estimate of drug-likeness (QED) is 0.289. The van der Waals surface area contributed by atoms with E-state index in [1.54, 1.807) is 19.1 Å². The fourth-order valence-corrected chi connectivity index (χ4v) is 3.26. The van der Waals surface area contributed by atoms with E-state index in [0.717, 1.165) is 10.0 Å². The van der Waals surface area contributed by atoms with E-state index >= 15 is 0 Å². The number of fused-ring (bicyclic) bond motifs is 1. The highest BCUT2D eigenvalue weighted by Gasteiger charge is 2.30. The van der Waals surface area contributed by atoms with Crippen LogP contribution < -0.4 is 9.47 Å². The Kier molecular flexibility index (Phi) is 5.03. The Balaban J connectivity index is 1.59. The van der Waals surface area contributed by atoms with E-state index in [1.165, 1.54) is 30.3 Å². The fourth-order valence-electron chi connectivity index (χ4n) is 3.00. The molecule has 6 heteroatoms. The first-order valence-electron chi connectivity index (χ1n) is 8.73. The first kappa shape index (κ1) is 19.1. The van der Waals surface area contributed by atoms with Crippen LogP contribution in [0.4, 0.5) is 4.39 Å². The predicted octanol–water partition coefficient (Wildman–Crippen LogP) is 5.73. The van der Waals surface area contributed by atoms with Gasteiger partial charge in [-0.25, -0.2) is 9.18 Å². The monoisotopic (exact) mass is 452 g/mol. The van der Waals surface area contributed by atoms with Gasteiger partial charge in [0.05, 0.1) is 11.1 Å². The van der Waals surface area contributed by atoms with Crippen LogP contribution in [0.15, 0.2) is 70.9 Å². The van der Waals surface area contributed by atoms with Gasteiger partial charge in [-0.3, -0.25) is 4.79 Å². The van der Waals surface area contributed by atoms with Crippen molar-refractivity contribution in [3.63, 3.8) is 0 Å². The lowest BCUT2D eigenvalue weighted by Gasteiger charge is -2.07. The Morgan fingerprint density at radius 1 is 1.07 bits per heavy atom. The number of hydrogen-bond donors (Lipinski definition) is 0. The molecule has 0 aromatic heterocycles. The van der Waals surface area contributed by atoms with Crippen LogP contribution in [0.5, 0.6) is 11.5 Å². The van der Waals surface area contributed by atoms with Crippen LogP contribution >= 0.6 is 15.9 Å².